The zero-order valence-electron chi connectivity index (χ0n) is 18.4. The molecular weight excluding hydrogens is 449 g/mol. The summed E-state index contributed by atoms with van der Waals surface area (Å²) in [6, 6.07) is 23.9. The molecule has 176 valence electrons. The molecule has 0 spiro atoms. The molecule has 0 aliphatic rings. The van der Waals surface area contributed by atoms with Gasteiger partial charge in [0.25, 0.3) is 0 Å². The van der Waals surface area contributed by atoms with Crippen molar-refractivity contribution in [3.05, 3.63) is 84.9 Å². The van der Waals surface area contributed by atoms with Crippen molar-refractivity contribution >= 4 is 16.3 Å². The highest BCUT2D eigenvalue weighted by Crippen LogP contribution is 2.69. The Hall–Kier alpha value is -2.93. The molecule has 0 fully saturated rings. The van der Waals surface area contributed by atoms with Gasteiger partial charge in [-0.15, -0.1) is 0 Å². The van der Waals surface area contributed by atoms with Crippen molar-refractivity contribution < 1.29 is 26.9 Å². The Morgan fingerprint density at radius 3 is 1.76 bits per heavy atom. The highest BCUT2D eigenvalue weighted by molar-refractivity contribution is 8.30. The molecule has 3 nitrogen and oxygen atoms in total. The van der Waals surface area contributed by atoms with E-state index in [0.29, 0.717) is 27.0 Å². The predicted molar refractivity (Wildman–Crippen MR) is 123 cm³/mol. The summed E-state index contributed by atoms with van der Waals surface area (Å²) in [5.41, 5.74) is 0. The van der Waals surface area contributed by atoms with E-state index in [2.05, 4.69) is 6.92 Å². The van der Waals surface area contributed by atoms with E-state index in [1.54, 1.807) is 84.9 Å². The molecule has 0 amide bonds. The van der Waals surface area contributed by atoms with Crippen LogP contribution in [0.1, 0.15) is 32.6 Å². The van der Waals surface area contributed by atoms with Crippen LogP contribution in [0.15, 0.2) is 99.6 Å². The minimum Gasteiger partial charge on any atom is -0.494 e. The highest BCUT2D eigenvalue weighted by Gasteiger charge is 2.47. The third-order valence-corrected chi connectivity index (χ3v) is 8.21. The maximum Gasteiger partial charge on any atom is 0.491 e. The molecule has 0 atom stereocenters. The first-order chi connectivity index (χ1) is 15.9. The number of benzene rings is 3. The lowest BCUT2D eigenvalue weighted by atomic mass is 10.2. The second-order valence-corrected chi connectivity index (χ2v) is 10.1. The molecule has 3 aromatic rings. The molecule has 0 saturated heterocycles. The van der Waals surface area contributed by atoms with Gasteiger partial charge in [-0.1, -0.05) is 62.6 Å². The number of unbranched alkanes of at least 4 members (excludes halogenated alkanes) is 3. The number of carbonyl (C=O) groups is 1. The maximum atomic E-state index is 13.3. The molecule has 0 bridgehead atoms. The van der Waals surface area contributed by atoms with Crippen molar-refractivity contribution in [2.45, 2.75) is 53.5 Å². The monoisotopic (exact) mass is 476 g/mol. The van der Waals surface area contributed by atoms with Crippen molar-refractivity contribution in [3.8, 4) is 5.75 Å². The molecule has 0 radical (unpaired) electrons. The third kappa shape index (κ3) is 6.11. The third-order valence-electron chi connectivity index (χ3n) is 5.00. The molecule has 0 aromatic heterocycles. The molecule has 7 heteroatoms. The molecule has 0 aliphatic heterocycles. The van der Waals surface area contributed by atoms with Gasteiger partial charge in [0, 0.05) is 14.7 Å². The number of hydrogen-bond acceptors (Lipinski definition) is 3. The molecule has 0 aliphatic carbocycles. The Morgan fingerprint density at radius 1 is 0.758 bits per heavy atom. The van der Waals surface area contributed by atoms with Crippen molar-refractivity contribution in [2.75, 3.05) is 6.61 Å². The van der Waals surface area contributed by atoms with E-state index >= 15 is 0 Å². The quantitative estimate of drug-likeness (QED) is 0.279. The Labute approximate surface area is 194 Å². The van der Waals surface area contributed by atoms with Crippen LogP contribution in [0.25, 0.3) is 0 Å². The Kier molecular flexibility index (Phi) is 8.44. The van der Waals surface area contributed by atoms with Gasteiger partial charge >= 0.3 is 12.1 Å². The van der Waals surface area contributed by atoms with Crippen LogP contribution in [-0.2, 0) is 8.98 Å². The Bertz CT molecular complexity index is 967. The summed E-state index contributed by atoms with van der Waals surface area (Å²) < 4.78 is 51.2. The normalized spacial score (nSPS) is 12.2. The van der Waals surface area contributed by atoms with Crippen LogP contribution in [0, 0.1) is 0 Å². The molecule has 33 heavy (non-hydrogen) atoms. The van der Waals surface area contributed by atoms with Gasteiger partial charge in [-0.3, -0.25) is 0 Å². The van der Waals surface area contributed by atoms with Crippen LogP contribution in [0.2, 0.25) is 0 Å². The van der Waals surface area contributed by atoms with E-state index in [4.69, 9.17) is 8.92 Å². The van der Waals surface area contributed by atoms with E-state index < -0.39 is 22.5 Å². The van der Waals surface area contributed by atoms with Gasteiger partial charge in [0.1, 0.15) is 5.75 Å². The van der Waals surface area contributed by atoms with E-state index in [9.17, 15) is 18.0 Å². The van der Waals surface area contributed by atoms with Crippen LogP contribution in [-0.4, -0.2) is 18.8 Å². The SMILES string of the molecule is CCCCCCOc1ccc(S(OC(=O)C(F)(F)F)(c2ccccc2)c2ccccc2)cc1. The summed E-state index contributed by atoms with van der Waals surface area (Å²) in [4.78, 5) is 13.6. The van der Waals surface area contributed by atoms with Gasteiger partial charge in [-0.2, -0.15) is 13.2 Å². The van der Waals surface area contributed by atoms with Gasteiger partial charge in [0.15, 0.2) is 0 Å². The molecule has 0 saturated carbocycles. The largest absolute Gasteiger partial charge is 0.494 e. The number of hydrogen-bond donors (Lipinski definition) is 0. The lowest BCUT2D eigenvalue weighted by molar-refractivity contribution is -0.188. The molecule has 3 rings (SSSR count). The Balaban J connectivity index is 2.04. The molecule has 0 unspecified atom stereocenters. The Morgan fingerprint density at radius 2 is 1.27 bits per heavy atom. The zero-order chi connectivity index (χ0) is 23.7. The molecule has 0 heterocycles. The van der Waals surface area contributed by atoms with Gasteiger partial charge in [0.2, 0.25) is 0 Å². The maximum absolute atomic E-state index is 13.3. The van der Waals surface area contributed by atoms with Crippen molar-refractivity contribution in [1.29, 1.82) is 0 Å². The van der Waals surface area contributed by atoms with Crippen LogP contribution in [0.4, 0.5) is 13.2 Å². The minimum absolute atomic E-state index is 0.468. The first-order valence-electron chi connectivity index (χ1n) is 10.8. The van der Waals surface area contributed by atoms with Crippen molar-refractivity contribution in [2.24, 2.45) is 0 Å². The topological polar surface area (TPSA) is 35.5 Å². The number of rotatable bonds is 10. The number of ether oxygens (including phenoxy) is 1. The van der Waals surface area contributed by atoms with Crippen molar-refractivity contribution in [3.63, 3.8) is 0 Å². The van der Waals surface area contributed by atoms with Crippen molar-refractivity contribution in [1.82, 2.24) is 0 Å². The summed E-state index contributed by atoms with van der Waals surface area (Å²) in [7, 11) is -2.99. The zero-order valence-corrected chi connectivity index (χ0v) is 19.2. The van der Waals surface area contributed by atoms with Gasteiger partial charge in [-0.05, 0) is 65.3 Å². The van der Waals surface area contributed by atoms with Crippen LogP contribution < -0.4 is 4.74 Å². The van der Waals surface area contributed by atoms with Gasteiger partial charge < -0.3 is 8.92 Å². The first-order valence-corrected chi connectivity index (χ1v) is 12.4. The number of halogens is 3. The van der Waals surface area contributed by atoms with Crippen LogP contribution in [0.3, 0.4) is 0 Å². The summed E-state index contributed by atoms with van der Waals surface area (Å²) in [6.07, 6.45) is -0.829. The molecular formula is C26H27F3O3S. The van der Waals surface area contributed by atoms with Gasteiger partial charge in [0.05, 0.1) is 6.61 Å². The molecule has 0 N–H and O–H groups in total. The number of carbonyl (C=O) groups excluding carboxylic acids is 1. The predicted octanol–water partition coefficient (Wildman–Crippen LogP) is 7.95. The lowest BCUT2D eigenvalue weighted by Crippen LogP contribution is -2.27. The number of alkyl halides is 3. The fourth-order valence-electron chi connectivity index (χ4n) is 3.38. The van der Waals surface area contributed by atoms with E-state index in [1.807, 2.05) is 0 Å². The lowest BCUT2D eigenvalue weighted by Gasteiger charge is -2.39. The summed E-state index contributed by atoms with van der Waals surface area (Å²) in [5.74, 6) is -1.60. The van der Waals surface area contributed by atoms with E-state index in [-0.39, 0.29) is 0 Å². The van der Waals surface area contributed by atoms with E-state index in [0.717, 1.165) is 25.7 Å². The standard InChI is InChI=1S/C26H27F3O3S/c1-2-3-4-11-20-31-21-16-18-24(19-17-21)33(22-12-7-5-8-13-22,23-14-9-6-10-15-23)32-25(30)26(27,28)29/h5-10,12-19H,2-4,11,20H2,1H3. The summed E-state index contributed by atoms with van der Waals surface area (Å²) >= 11 is 0. The fraction of sp³-hybridized carbons (Fsp3) is 0.269. The second-order valence-electron chi connectivity index (χ2n) is 7.43. The summed E-state index contributed by atoms with van der Waals surface area (Å²) in [6.45, 7) is 2.71. The minimum atomic E-state index is -5.12. The van der Waals surface area contributed by atoms with E-state index in [1.165, 1.54) is 0 Å². The average Bonchev–Trinajstić information content (AvgIpc) is 2.83. The smallest absolute Gasteiger partial charge is 0.491 e. The molecule has 3 aromatic carbocycles. The van der Waals surface area contributed by atoms with Crippen LogP contribution in [0.5, 0.6) is 5.75 Å². The average molecular weight is 477 g/mol. The second kappa shape index (κ2) is 11.3. The van der Waals surface area contributed by atoms with Gasteiger partial charge in [-0.25, -0.2) is 4.79 Å². The summed E-state index contributed by atoms with van der Waals surface area (Å²) in [5, 5.41) is 0. The van der Waals surface area contributed by atoms with Crippen LogP contribution >= 0.6 is 10.3 Å². The highest BCUT2D eigenvalue weighted by atomic mass is 32.3. The fourth-order valence-corrected chi connectivity index (χ4v) is 6.41. The first kappa shape index (κ1) is 24.7.